The highest BCUT2D eigenvalue weighted by molar-refractivity contribution is 5.74. The summed E-state index contributed by atoms with van der Waals surface area (Å²) in [6.07, 6.45) is 1.77. The van der Waals surface area contributed by atoms with Gasteiger partial charge in [-0.2, -0.15) is 0 Å². The fraction of sp³-hybridized carbons (Fsp3) is 0.269. The minimum absolute atomic E-state index is 0.108. The van der Waals surface area contributed by atoms with Crippen LogP contribution in [0.1, 0.15) is 11.4 Å². The van der Waals surface area contributed by atoms with Crippen molar-refractivity contribution in [3.63, 3.8) is 0 Å². The van der Waals surface area contributed by atoms with Crippen molar-refractivity contribution in [2.45, 2.75) is 13.1 Å². The van der Waals surface area contributed by atoms with Crippen LogP contribution >= 0.6 is 0 Å². The van der Waals surface area contributed by atoms with Gasteiger partial charge in [-0.1, -0.05) is 12.1 Å². The molecule has 5 rings (SSSR count). The molecule has 0 radical (unpaired) electrons. The van der Waals surface area contributed by atoms with Crippen molar-refractivity contribution in [2.75, 3.05) is 33.3 Å². The zero-order valence-electron chi connectivity index (χ0n) is 19.5. The molecule has 180 valence electrons. The van der Waals surface area contributed by atoms with Gasteiger partial charge in [0.1, 0.15) is 22.9 Å². The lowest BCUT2D eigenvalue weighted by Gasteiger charge is -2.34. The summed E-state index contributed by atoms with van der Waals surface area (Å²) in [4.78, 5) is 26.1. The molecule has 0 saturated carbocycles. The Hall–Kier alpha value is -3.98. The Labute approximate surface area is 203 Å². The van der Waals surface area contributed by atoms with Crippen molar-refractivity contribution < 1.29 is 13.9 Å². The number of amides is 2. The van der Waals surface area contributed by atoms with E-state index in [1.54, 1.807) is 25.4 Å². The molecule has 9 heteroatoms. The molecule has 2 aromatic carbocycles. The molecule has 0 unspecified atom stereocenters. The highest BCUT2D eigenvalue weighted by Gasteiger charge is 2.23. The number of halogens is 1. The summed E-state index contributed by atoms with van der Waals surface area (Å²) in [6, 6.07) is 17.8. The molecule has 2 aromatic heterocycles. The highest BCUT2D eigenvalue weighted by atomic mass is 19.1. The van der Waals surface area contributed by atoms with Crippen LogP contribution in [0.15, 0.2) is 66.9 Å². The molecule has 1 aliphatic rings. The van der Waals surface area contributed by atoms with E-state index in [1.807, 2.05) is 41.3 Å². The van der Waals surface area contributed by atoms with E-state index in [1.165, 1.54) is 12.1 Å². The third-order valence-corrected chi connectivity index (χ3v) is 6.20. The van der Waals surface area contributed by atoms with Crippen LogP contribution in [0.25, 0.3) is 16.9 Å². The fourth-order valence-corrected chi connectivity index (χ4v) is 4.27. The zero-order chi connectivity index (χ0) is 24.2. The summed E-state index contributed by atoms with van der Waals surface area (Å²) in [7, 11) is 1.65. The second-order valence-electron chi connectivity index (χ2n) is 8.46. The zero-order valence-corrected chi connectivity index (χ0v) is 19.5. The van der Waals surface area contributed by atoms with E-state index in [9.17, 15) is 9.18 Å². The van der Waals surface area contributed by atoms with Crippen molar-refractivity contribution in [3.05, 3.63) is 84.1 Å². The van der Waals surface area contributed by atoms with Gasteiger partial charge in [-0.3, -0.25) is 9.47 Å². The SMILES string of the molecule is COc1ccc(-n2c(CN3CCN(C(=O)NCc4ccc(F)cc4)CC3)nc3cccnc32)cc1. The van der Waals surface area contributed by atoms with Crippen LogP contribution in [0, 0.1) is 5.82 Å². The minimum Gasteiger partial charge on any atom is -0.497 e. The lowest BCUT2D eigenvalue weighted by atomic mass is 10.2. The lowest BCUT2D eigenvalue weighted by Crippen LogP contribution is -2.51. The summed E-state index contributed by atoms with van der Waals surface area (Å²) in [5.41, 5.74) is 3.49. The number of methoxy groups -OCH3 is 1. The maximum Gasteiger partial charge on any atom is 0.317 e. The fourth-order valence-electron chi connectivity index (χ4n) is 4.27. The van der Waals surface area contributed by atoms with Gasteiger partial charge >= 0.3 is 6.03 Å². The van der Waals surface area contributed by atoms with Crippen molar-refractivity contribution in [2.24, 2.45) is 0 Å². The molecule has 0 bridgehead atoms. The number of urea groups is 1. The molecule has 1 saturated heterocycles. The molecule has 3 heterocycles. The Bertz CT molecular complexity index is 1300. The van der Waals surface area contributed by atoms with E-state index in [2.05, 4.69) is 19.8 Å². The molecule has 0 atom stereocenters. The first-order valence-electron chi connectivity index (χ1n) is 11.6. The van der Waals surface area contributed by atoms with Crippen molar-refractivity contribution in [1.82, 2.24) is 29.7 Å². The van der Waals surface area contributed by atoms with Gasteiger partial charge in [-0.25, -0.2) is 19.2 Å². The number of hydrogen-bond acceptors (Lipinski definition) is 5. The number of carbonyl (C=O) groups excluding carboxylic acids is 1. The number of pyridine rings is 1. The molecular formula is C26H27FN6O2. The van der Waals surface area contributed by atoms with Gasteiger partial charge in [0.05, 0.1) is 13.7 Å². The van der Waals surface area contributed by atoms with Crippen LogP contribution in [0.5, 0.6) is 5.75 Å². The molecule has 2 amide bonds. The van der Waals surface area contributed by atoms with E-state index >= 15 is 0 Å². The highest BCUT2D eigenvalue weighted by Crippen LogP contribution is 2.23. The number of hydrogen-bond donors (Lipinski definition) is 1. The Morgan fingerprint density at radius 2 is 1.77 bits per heavy atom. The normalized spacial score (nSPS) is 14.3. The van der Waals surface area contributed by atoms with E-state index in [0.717, 1.165) is 47.1 Å². The molecular weight excluding hydrogens is 447 g/mol. The molecule has 35 heavy (non-hydrogen) atoms. The Kier molecular flexibility index (Phi) is 6.58. The van der Waals surface area contributed by atoms with Crippen LogP contribution in [0.2, 0.25) is 0 Å². The summed E-state index contributed by atoms with van der Waals surface area (Å²) < 4.78 is 20.4. The van der Waals surface area contributed by atoms with Crippen LogP contribution in [0.4, 0.5) is 9.18 Å². The van der Waals surface area contributed by atoms with E-state index in [4.69, 9.17) is 9.72 Å². The average molecular weight is 475 g/mol. The molecule has 0 spiro atoms. The first kappa shape index (κ1) is 22.8. The number of imidazole rings is 1. The van der Waals surface area contributed by atoms with Crippen LogP contribution in [0.3, 0.4) is 0 Å². The smallest absolute Gasteiger partial charge is 0.317 e. The third kappa shape index (κ3) is 5.09. The Balaban J connectivity index is 1.24. The van der Waals surface area contributed by atoms with Crippen LogP contribution in [-0.2, 0) is 13.1 Å². The van der Waals surface area contributed by atoms with Gasteiger partial charge in [0.15, 0.2) is 5.65 Å². The molecule has 1 aliphatic heterocycles. The van der Waals surface area contributed by atoms with Crippen molar-refractivity contribution in [3.8, 4) is 11.4 Å². The van der Waals surface area contributed by atoms with Gasteiger partial charge in [0, 0.05) is 44.6 Å². The summed E-state index contributed by atoms with van der Waals surface area (Å²) in [6.45, 7) is 3.74. The number of ether oxygens (including phenoxy) is 1. The van der Waals surface area contributed by atoms with E-state index in [0.29, 0.717) is 26.2 Å². The molecule has 1 N–H and O–H groups in total. The molecule has 0 aliphatic carbocycles. The number of rotatable bonds is 6. The Morgan fingerprint density at radius 1 is 1.03 bits per heavy atom. The second-order valence-corrected chi connectivity index (χ2v) is 8.46. The predicted octanol–water partition coefficient (Wildman–Crippen LogP) is 3.60. The van der Waals surface area contributed by atoms with Gasteiger partial charge in [-0.15, -0.1) is 0 Å². The monoisotopic (exact) mass is 474 g/mol. The van der Waals surface area contributed by atoms with Gasteiger partial charge in [0.25, 0.3) is 0 Å². The van der Waals surface area contributed by atoms with Crippen molar-refractivity contribution in [1.29, 1.82) is 0 Å². The summed E-state index contributed by atoms with van der Waals surface area (Å²) in [5, 5.41) is 2.92. The summed E-state index contributed by atoms with van der Waals surface area (Å²) >= 11 is 0. The standard InChI is InChI=1S/C26H27FN6O2/c1-35-22-10-8-21(9-11-22)33-24(30-23-3-2-12-28-25(23)33)18-31-13-15-32(16-14-31)26(34)29-17-19-4-6-20(27)7-5-19/h2-12H,13-18H2,1H3,(H,29,34). The maximum absolute atomic E-state index is 13.1. The number of aromatic nitrogens is 3. The predicted molar refractivity (Wildman–Crippen MR) is 131 cm³/mol. The first-order chi connectivity index (χ1) is 17.1. The third-order valence-electron chi connectivity index (χ3n) is 6.20. The number of carbonyl (C=O) groups is 1. The summed E-state index contributed by atoms with van der Waals surface area (Å²) in [5.74, 6) is 1.41. The van der Waals surface area contributed by atoms with Gasteiger partial charge in [-0.05, 0) is 54.1 Å². The largest absolute Gasteiger partial charge is 0.497 e. The first-order valence-corrected chi connectivity index (χ1v) is 11.6. The van der Waals surface area contributed by atoms with E-state index in [-0.39, 0.29) is 11.8 Å². The number of benzene rings is 2. The Morgan fingerprint density at radius 3 is 2.49 bits per heavy atom. The maximum atomic E-state index is 13.1. The number of nitrogens with one attached hydrogen (secondary N) is 1. The quantitative estimate of drug-likeness (QED) is 0.462. The van der Waals surface area contributed by atoms with Crippen LogP contribution in [-0.4, -0.2) is 63.7 Å². The number of fused-ring (bicyclic) bond motifs is 1. The number of nitrogens with zero attached hydrogens (tertiary/aromatic N) is 5. The lowest BCUT2D eigenvalue weighted by molar-refractivity contribution is 0.133. The van der Waals surface area contributed by atoms with Crippen LogP contribution < -0.4 is 10.1 Å². The van der Waals surface area contributed by atoms with Gasteiger partial charge in [0.2, 0.25) is 0 Å². The molecule has 1 fully saturated rings. The second kappa shape index (κ2) is 10.1. The van der Waals surface area contributed by atoms with Gasteiger partial charge < -0.3 is 15.0 Å². The van der Waals surface area contributed by atoms with E-state index < -0.39 is 0 Å². The molecule has 8 nitrogen and oxygen atoms in total. The van der Waals surface area contributed by atoms with Crippen molar-refractivity contribution >= 4 is 17.2 Å². The minimum atomic E-state index is -0.285. The number of piperazine rings is 1. The molecule has 4 aromatic rings. The average Bonchev–Trinajstić information content (AvgIpc) is 3.26. The topological polar surface area (TPSA) is 75.5 Å².